The van der Waals surface area contributed by atoms with Gasteiger partial charge in [-0.15, -0.1) is 0 Å². The van der Waals surface area contributed by atoms with Crippen molar-refractivity contribution in [2.75, 3.05) is 25.0 Å². The van der Waals surface area contributed by atoms with Crippen LogP contribution in [-0.4, -0.2) is 26.2 Å². The fourth-order valence-electron chi connectivity index (χ4n) is 3.27. The van der Waals surface area contributed by atoms with Gasteiger partial charge in [-0.1, -0.05) is 17.7 Å². The molecule has 2 heterocycles. The Morgan fingerprint density at radius 3 is 3.12 bits per heavy atom. The SMILES string of the molecule is Cc1ccc2c(c1)CC1CCNCC1N2C. The second-order valence-corrected chi connectivity index (χ2v) is 5.27. The fraction of sp³-hybridized carbons (Fsp3) is 0.571. The van der Waals surface area contributed by atoms with Crippen molar-refractivity contribution in [3.05, 3.63) is 29.3 Å². The lowest BCUT2D eigenvalue weighted by molar-refractivity contribution is 0.303. The van der Waals surface area contributed by atoms with E-state index in [-0.39, 0.29) is 0 Å². The molecule has 16 heavy (non-hydrogen) atoms. The van der Waals surface area contributed by atoms with Crippen LogP contribution in [-0.2, 0) is 6.42 Å². The number of fused-ring (bicyclic) bond motifs is 2. The first kappa shape index (κ1) is 10.2. The third-order valence-corrected chi connectivity index (χ3v) is 4.18. The third kappa shape index (κ3) is 1.52. The van der Waals surface area contributed by atoms with Gasteiger partial charge in [0.1, 0.15) is 0 Å². The zero-order valence-electron chi connectivity index (χ0n) is 10.2. The van der Waals surface area contributed by atoms with E-state index in [0.29, 0.717) is 6.04 Å². The Bertz CT molecular complexity index is 400. The predicted molar refractivity (Wildman–Crippen MR) is 68.1 cm³/mol. The number of nitrogens with zero attached hydrogens (tertiary/aromatic N) is 1. The zero-order chi connectivity index (χ0) is 11.1. The molecule has 2 aliphatic rings. The van der Waals surface area contributed by atoms with Gasteiger partial charge in [0.15, 0.2) is 0 Å². The molecule has 0 radical (unpaired) electrons. The summed E-state index contributed by atoms with van der Waals surface area (Å²) in [5, 5.41) is 3.51. The van der Waals surface area contributed by atoms with E-state index in [9.17, 15) is 0 Å². The number of piperidine rings is 1. The summed E-state index contributed by atoms with van der Waals surface area (Å²) in [6.45, 7) is 4.53. The molecule has 0 amide bonds. The van der Waals surface area contributed by atoms with Gasteiger partial charge in [0.25, 0.3) is 0 Å². The van der Waals surface area contributed by atoms with E-state index in [0.717, 1.165) is 12.5 Å². The monoisotopic (exact) mass is 216 g/mol. The minimum absolute atomic E-state index is 0.698. The van der Waals surface area contributed by atoms with Crippen molar-refractivity contribution < 1.29 is 0 Å². The summed E-state index contributed by atoms with van der Waals surface area (Å²) in [4.78, 5) is 2.48. The summed E-state index contributed by atoms with van der Waals surface area (Å²) in [6, 6.07) is 7.58. The van der Waals surface area contributed by atoms with Gasteiger partial charge in [-0.05, 0) is 43.9 Å². The van der Waals surface area contributed by atoms with Gasteiger partial charge in [0.05, 0.1) is 0 Å². The van der Waals surface area contributed by atoms with E-state index < -0.39 is 0 Å². The van der Waals surface area contributed by atoms with Crippen molar-refractivity contribution in [3.8, 4) is 0 Å². The molecule has 1 fully saturated rings. The number of nitrogens with one attached hydrogen (secondary N) is 1. The van der Waals surface area contributed by atoms with E-state index in [4.69, 9.17) is 0 Å². The molecule has 0 aliphatic carbocycles. The van der Waals surface area contributed by atoms with Crippen molar-refractivity contribution in [1.29, 1.82) is 0 Å². The lowest BCUT2D eigenvalue weighted by atomic mass is 9.81. The minimum Gasteiger partial charge on any atom is -0.370 e. The summed E-state index contributed by atoms with van der Waals surface area (Å²) in [6.07, 6.45) is 2.59. The van der Waals surface area contributed by atoms with E-state index in [1.165, 1.54) is 30.6 Å². The van der Waals surface area contributed by atoms with Crippen molar-refractivity contribution in [3.63, 3.8) is 0 Å². The molecule has 2 unspecified atom stereocenters. The predicted octanol–water partition coefficient (Wildman–Crippen LogP) is 1.97. The summed E-state index contributed by atoms with van der Waals surface area (Å²) in [5.41, 5.74) is 4.38. The number of hydrogen-bond donors (Lipinski definition) is 1. The molecule has 1 aromatic carbocycles. The highest BCUT2D eigenvalue weighted by Gasteiger charge is 2.33. The first-order chi connectivity index (χ1) is 7.75. The van der Waals surface area contributed by atoms with Crippen LogP contribution in [0.5, 0.6) is 0 Å². The van der Waals surface area contributed by atoms with Crippen LogP contribution in [0.1, 0.15) is 17.5 Å². The summed E-state index contributed by atoms with van der Waals surface area (Å²) in [5.74, 6) is 0.848. The Morgan fingerprint density at radius 1 is 1.38 bits per heavy atom. The van der Waals surface area contributed by atoms with Gasteiger partial charge >= 0.3 is 0 Å². The van der Waals surface area contributed by atoms with Crippen LogP contribution in [0.25, 0.3) is 0 Å². The largest absolute Gasteiger partial charge is 0.370 e. The molecule has 2 heteroatoms. The normalized spacial score (nSPS) is 28.5. The van der Waals surface area contributed by atoms with E-state index in [2.05, 4.69) is 42.4 Å². The topological polar surface area (TPSA) is 15.3 Å². The molecule has 0 bridgehead atoms. The van der Waals surface area contributed by atoms with Crippen LogP contribution in [0, 0.1) is 12.8 Å². The maximum Gasteiger partial charge on any atom is 0.0443 e. The van der Waals surface area contributed by atoms with E-state index in [1.807, 2.05) is 0 Å². The maximum atomic E-state index is 3.51. The lowest BCUT2D eigenvalue weighted by Gasteiger charge is -2.44. The fourth-order valence-corrected chi connectivity index (χ4v) is 3.27. The third-order valence-electron chi connectivity index (χ3n) is 4.18. The maximum absolute atomic E-state index is 3.51. The number of likely N-dealkylation sites (N-methyl/N-ethyl adjacent to an activating group) is 1. The number of rotatable bonds is 0. The van der Waals surface area contributed by atoms with Crippen molar-refractivity contribution in [2.24, 2.45) is 5.92 Å². The van der Waals surface area contributed by atoms with Crippen LogP contribution in [0.2, 0.25) is 0 Å². The molecule has 1 aromatic rings. The Hall–Kier alpha value is -1.02. The van der Waals surface area contributed by atoms with E-state index in [1.54, 1.807) is 5.56 Å². The van der Waals surface area contributed by atoms with Crippen molar-refractivity contribution >= 4 is 5.69 Å². The number of benzene rings is 1. The molecular formula is C14H20N2. The summed E-state index contributed by atoms with van der Waals surface area (Å²) >= 11 is 0. The molecule has 2 aliphatic heterocycles. The van der Waals surface area contributed by atoms with Gasteiger partial charge in [0.2, 0.25) is 0 Å². The van der Waals surface area contributed by atoms with Crippen molar-refractivity contribution in [1.82, 2.24) is 5.32 Å². The first-order valence-corrected chi connectivity index (χ1v) is 6.29. The van der Waals surface area contributed by atoms with Crippen LogP contribution < -0.4 is 10.2 Å². The number of anilines is 1. The average molecular weight is 216 g/mol. The highest BCUT2D eigenvalue weighted by Crippen LogP contribution is 2.35. The Kier molecular flexibility index (Phi) is 2.40. The lowest BCUT2D eigenvalue weighted by Crippen LogP contribution is -2.53. The smallest absolute Gasteiger partial charge is 0.0443 e. The zero-order valence-corrected chi connectivity index (χ0v) is 10.2. The minimum atomic E-state index is 0.698. The first-order valence-electron chi connectivity index (χ1n) is 6.29. The standard InChI is InChI=1S/C14H20N2/c1-10-3-4-13-12(7-10)8-11-5-6-15-9-14(11)16(13)2/h3-4,7,11,14-15H,5-6,8-9H2,1-2H3. The molecular weight excluding hydrogens is 196 g/mol. The Labute approximate surface area is 97.6 Å². The summed E-state index contributed by atoms with van der Waals surface area (Å²) in [7, 11) is 2.25. The molecule has 2 nitrogen and oxygen atoms in total. The molecule has 2 atom stereocenters. The number of hydrogen-bond acceptors (Lipinski definition) is 2. The van der Waals surface area contributed by atoms with Gasteiger partial charge < -0.3 is 10.2 Å². The highest BCUT2D eigenvalue weighted by atomic mass is 15.2. The second kappa shape index (κ2) is 3.77. The average Bonchev–Trinajstić information content (AvgIpc) is 2.29. The molecule has 0 spiro atoms. The molecule has 1 saturated heterocycles. The highest BCUT2D eigenvalue weighted by molar-refractivity contribution is 5.57. The van der Waals surface area contributed by atoms with Gasteiger partial charge in [-0.2, -0.15) is 0 Å². The molecule has 3 rings (SSSR count). The molecule has 0 saturated carbocycles. The molecule has 86 valence electrons. The van der Waals surface area contributed by atoms with Crippen LogP contribution in [0.15, 0.2) is 18.2 Å². The molecule has 1 N–H and O–H groups in total. The van der Waals surface area contributed by atoms with Crippen LogP contribution in [0.3, 0.4) is 0 Å². The van der Waals surface area contributed by atoms with Gasteiger partial charge in [-0.3, -0.25) is 0 Å². The van der Waals surface area contributed by atoms with Crippen LogP contribution >= 0.6 is 0 Å². The van der Waals surface area contributed by atoms with Crippen molar-refractivity contribution in [2.45, 2.75) is 25.8 Å². The Balaban J connectivity index is 1.99. The number of aryl methyl sites for hydroxylation is 1. The second-order valence-electron chi connectivity index (χ2n) is 5.27. The Morgan fingerprint density at radius 2 is 2.25 bits per heavy atom. The van der Waals surface area contributed by atoms with Crippen LogP contribution in [0.4, 0.5) is 5.69 Å². The quantitative estimate of drug-likeness (QED) is 0.713. The van der Waals surface area contributed by atoms with E-state index >= 15 is 0 Å². The van der Waals surface area contributed by atoms with Gasteiger partial charge in [0, 0.05) is 25.3 Å². The summed E-state index contributed by atoms with van der Waals surface area (Å²) < 4.78 is 0. The molecule has 0 aromatic heterocycles. The van der Waals surface area contributed by atoms with Gasteiger partial charge in [-0.25, -0.2) is 0 Å².